The molecule has 0 radical (unpaired) electrons. The Bertz CT molecular complexity index is 917. The summed E-state index contributed by atoms with van der Waals surface area (Å²) in [6.45, 7) is 1.41. The first kappa shape index (κ1) is 17.3. The Labute approximate surface area is 162 Å². The summed E-state index contributed by atoms with van der Waals surface area (Å²) < 4.78 is 0. The van der Waals surface area contributed by atoms with Crippen LogP contribution in [0, 0.1) is 0 Å². The van der Waals surface area contributed by atoms with E-state index in [1.54, 1.807) is 12.3 Å². The van der Waals surface area contributed by atoms with E-state index in [1.165, 1.54) is 0 Å². The van der Waals surface area contributed by atoms with Gasteiger partial charge in [-0.1, -0.05) is 59.6 Å². The van der Waals surface area contributed by atoms with E-state index in [0.717, 1.165) is 23.4 Å². The van der Waals surface area contributed by atoms with E-state index in [1.807, 2.05) is 48.5 Å². The van der Waals surface area contributed by atoms with Crippen LogP contribution in [-0.2, 0) is 0 Å². The highest BCUT2D eigenvalue weighted by atomic mass is 35.5. The van der Waals surface area contributed by atoms with Gasteiger partial charge in [0, 0.05) is 46.9 Å². The maximum absolute atomic E-state index is 6.41. The van der Waals surface area contributed by atoms with Crippen molar-refractivity contribution in [3.63, 3.8) is 0 Å². The summed E-state index contributed by atoms with van der Waals surface area (Å²) in [5.74, 6) is 0.804. The van der Waals surface area contributed by atoms with Crippen LogP contribution >= 0.6 is 23.2 Å². The second-order valence-electron chi connectivity index (χ2n) is 6.45. The quantitative estimate of drug-likeness (QED) is 0.727. The van der Waals surface area contributed by atoms with Gasteiger partial charge in [-0.2, -0.15) is 0 Å². The van der Waals surface area contributed by atoms with E-state index < -0.39 is 0 Å². The molecule has 2 aromatic carbocycles. The summed E-state index contributed by atoms with van der Waals surface area (Å²) in [6, 6.07) is 17.5. The number of anilines is 1. The van der Waals surface area contributed by atoms with Crippen molar-refractivity contribution in [1.29, 1.82) is 0 Å². The van der Waals surface area contributed by atoms with Gasteiger partial charge in [0.1, 0.15) is 0 Å². The second kappa shape index (κ2) is 7.23. The van der Waals surface area contributed by atoms with Crippen LogP contribution in [0.1, 0.15) is 11.5 Å². The summed E-state index contributed by atoms with van der Waals surface area (Å²) in [4.78, 5) is 11.3. The molecule has 1 aliphatic rings. The number of benzene rings is 2. The van der Waals surface area contributed by atoms with Crippen molar-refractivity contribution in [2.45, 2.75) is 12.0 Å². The van der Waals surface area contributed by atoms with Crippen molar-refractivity contribution in [2.75, 3.05) is 18.0 Å². The van der Waals surface area contributed by atoms with E-state index >= 15 is 0 Å². The summed E-state index contributed by atoms with van der Waals surface area (Å²) in [7, 11) is 0. The average Bonchev–Trinajstić information content (AvgIpc) is 3.04. The van der Waals surface area contributed by atoms with E-state index in [2.05, 4.69) is 9.88 Å². The van der Waals surface area contributed by atoms with Crippen LogP contribution in [0.25, 0.3) is 11.3 Å². The third-order valence-corrected chi connectivity index (χ3v) is 5.28. The minimum Gasteiger partial charge on any atom is -0.339 e. The molecule has 1 saturated heterocycles. The monoisotopic (exact) mass is 384 g/mol. The molecule has 1 aromatic heterocycles. The summed E-state index contributed by atoms with van der Waals surface area (Å²) in [5, 5.41) is 1.28. The van der Waals surface area contributed by atoms with Gasteiger partial charge in [0.25, 0.3) is 0 Å². The average molecular weight is 385 g/mol. The Morgan fingerprint density at radius 3 is 2.58 bits per heavy atom. The van der Waals surface area contributed by atoms with Gasteiger partial charge >= 0.3 is 0 Å². The third kappa shape index (κ3) is 3.40. The zero-order chi connectivity index (χ0) is 18.1. The highest BCUT2D eigenvalue weighted by Crippen LogP contribution is 2.34. The second-order valence-corrected chi connectivity index (χ2v) is 7.29. The number of aromatic nitrogens is 2. The number of nitrogens with zero attached hydrogens (tertiary/aromatic N) is 3. The maximum atomic E-state index is 6.41. The highest BCUT2D eigenvalue weighted by molar-refractivity contribution is 6.35. The van der Waals surface area contributed by atoms with E-state index in [9.17, 15) is 0 Å². The molecule has 0 saturated carbocycles. The lowest BCUT2D eigenvalue weighted by Crippen LogP contribution is -2.29. The molecule has 4 nitrogen and oxygen atoms in total. The molecule has 132 valence electrons. The van der Waals surface area contributed by atoms with E-state index in [4.69, 9.17) is 33.9 Å². The van der Waals surface area contributed by atoms with Gasteiger partial charge in [-0.3, -0.25) is 0 Å². The van der Waals surface area contributed by atoms with Gasteiger partial charge in [0.05, 0.1) is 5.69 Å². The van der Waals surface area contributed by atoms with Crippen molar-refractivity contribution in [1.82, 2.24) is 9.97 Å². The van der Waals surface area contributed by atoms with Crippen LogP contribution in [-0.4, -0.2) is 29.1 Å². The fraction of sp³-hybridized carbons (Fsp3) is 0.200. The van der Waals surface area contributed by atoms with Crippen molar-refractivity contribution in [2.24, 2.45) is 5.73 Å². The molecular weight excluding hydrogens is 367 g/mol. The highest BCUT2D eigenvalue weighted by Gasteiger charge is 2.33. The molecular formula is C20H18Cl2N4. The van der Waals surface area contributed by atoms with Gasteiger partial charge in [0.2, 0.25) is 5.95 Å². The SMILES string of the molecule is NC1CN(c2nccc(-c3ccccc3)n2)CC1c1ccc(Cl)cc1Cl. The molecule has 4 rings (SSSR count). The Hall–Kier alpha value is -2.14. The number of hydrogen-bond acceptors (Lipinski definition) is 4. The summed E-state index contributed by atoms with van der Waals surface area (Å²) >= 11 is 12.4. The molecule has 2 N–H and O–H groups in total. The van der Waals surface area contributed by atoms with Crippen molar-refractivity contribution < 1.29 is 0 Å². The largest absolute Gasteiger partial charge is 0.339 e. The molecule has 1 aliphatic heterocycles. The number of nitrogens with two attached hydrogens (primary N) is 1. The Morgan fingerprint density at radius 1 is 1.00 bits per heavy atom. The lowest BCUT2D eigenvalue weighted by Gasteiger charge is -2.17. The van der Waals surface area contributed by atoms with Crippen LogP contribution in [0.5, 0.6) is 0 Å². The lowest BCUT2D eigenvalue weighted by atomic mass is 9.95. The molecule has 0 aliphatic carbocycles. The number of rotatable bonds is 3. The standard InChI is InChI=1S/C20H18Cl2N4/c21-14-6-7-15(17(22)10-14)16-11-26(12-18(16)23)20-24-9-8-19(25-20)13-4-2-1-3-5-13/h1-10,16,18H,11-12,23H2. The van der Waals surface area contributed by atoms with Gasteiger partial charge in [0.15, 0.2) is 0 Å². The van der Waals surface area contributed by atoms with Crippen LogP contribution in [0.4, 0.5) is 5.95 Å². The predicted molar refractivity (Wildman–Crippen MR) is 107 cm³/mol. The molecule has 2 unspecified atom stereocenters. The summed E-state index contributed by atoms with van der Waals surface area (Å²) in [6.07, 6.45) is 1.79. The van der Waals surface area contributed by atoms with Gasteiger partial charge in [-0.15, -0.1) is 0 Å². The third-order valence-electron chi connectivity index (χ3n) is 4.72. The van der Waals surface area contributed by atoms with Gasteiger partial charge < -0.3 is 10.6 Å². The molecule has 1 fully saturated rings. The van der Waals surface area contributed by atoms with Crippen LogP contribution < -0.4 is 10.6 Å². The zero-order valence-corrected chi connectivity index (χ0v) is 15.5. The molecule has 2 atom stereocenters. The maximum Gasteiger partial charge on any atom is 0.225 e. The zero-order valence-electron chi connectivity index (χ0n) is 14.0. The van der Waals surface area contributed by atoms with Crippen LogP contribution in [0.2, 0.25) is 10.0 Å². The Morgan fingerprint density at radius 2 is 1.81 bits per heavy atom. The molecule has 3 aromatic rings. The number of hydrogen-bond donors (Lipinski definition) is 1. The number of halogens is 2. The fourth-order valence-electron chi connectivity index (χ4n) is 3.39. The van der Waals surface area contributed by atoms with Crippen molar-refractivity contribution >= 4 is 29.2 Å². The van der Waals surface area contributed by atoms with Crippen molar-refractivity contribution in [3.8, 4) is 11.3 Å². The van der Waals surface area contributed by atoms with Crippen LogP contribution in [0.3, 0.4) is 0 Å². The lowest BCUT2D eigenvalue weighted by molar-refractivity contribution is 0.653. The topological polar surface area (TPSA) is 55.0 Å². The Balaban J connectivity index is 1.60. The van der Waals surface area contributed by atoms with Crippen molar-refractivity contribution in [3.05, 3.63) is 76.4 Å². The molecule has 26 heavy (non-hydrogen) atoms. The van der Waals surface area contributed by atoms with Crippen LogP contribution in [0.15, 0.2) is 60.8 Å². The van der Waals surface area contributed by atoms with Gasteiger partial charge in [-0.05, 0) is 23.8 Å². The minimum absolute atomic E-state index is 0.0438. The smallest absolute Gasteiger partial charge is 0.225 e. The van der Waals surface area contributed by atoms with Gasteiger partial charge in [-0.25, -0.2) is 9.97 Å². The molecule has 0 amide bonds. The molecule has 6 heteroatoms. The van der Waals surface area contributed by atoms with E-state index in [0.29, 0.717) is 22.5 Å². The predicted octanol–water partition coefficient (Wildman–Crippen LogP) is 4.38. The molecule has 0 bridgehead atoms. The first-order valence-corrected chi connectivity index (χ1v) is 9.21. The normalized spacial score (nSPS) is 19.7. The molecule has 2 heterocycles. The minimum atomic E-state index is -0.0438. The Kier molecular flexibility index (Phi) is 4.81. The fourth-order valence-corrected chi connectivity index (χ4v) is 3.94. The van der Waals surface area contributed by atoms with E-state index in [-0.39, 0.29) is 12.0 Å². The molecule has 0 spiro atoms. The summed E-state index contributed by atoms with van der Waals surface area (Å²) in [5.41, 5.74) is 9.39. The first-order valence-electron chi connectivity index (χ1n) is 8.46. The first-order chi connectivity index (χ1) is 12.6.